The van der Waals surface area contributed by atoms with E-state index in [9.17, 15) is 35.9 Å². The molecule has 0 radical (unpaired) electrons. The minimum atomic E-state index is -5.23. The van der Waals surface area contributed by atoms with Gasteiger partial charge in [0.25, 0.3) is 0 Å². The Kier molecular flexibility index (Phi) is 6.51. The lowest BCUT2D eigenvalue weighted by Gasteiger charge is -2.18. The molecule has 0 bridgehead atoms. The van der Waals surface area contributed by atoms with E-state index in [-0.39, 0.29) is 6.07 Å². The SMILES string of the molecule is COc1nc(NC(=O)CSCC(=O)O)c(C(F)(F)F)cc1C(F)(F)F. The molecule has 1 heterocycles. The lowest BCUT2D eigenvalue weighted by molar-refractivity contribution is -0.144. The molecule has 6 nitrogen and oxygen atoms in total. The number of hydrogen-bond acceptors (Lipinski definition) is 5. The molecule has 0 spiro atoms. The summed E-state index contributed by atoms with van der Waals surface area (Å²) in [5.41, 5.74) is -3.56. The molecular weight excluding hydrogens is 382 g/mol. The molecule has 1 aromatic rings. The zero-order chi connectivity index (χ0) is 19.4. The van der Waals surface area contributed by atoms with E-state index in [1.54, 1.807) is 5.32 Å². The topological polar surface area (TPSA) is 88.5 Å². The van der Waals surface area contributed by atoms with Gasteiger partial charge >= 0.3 is 18.3 Å². The van der Waals surface area contributed by atoms with Crippen molar-refractivity contribution in [2.45, 2.75) is 12.4 Å². The van der Waals surface area contributed by atoms with Crippen molar-refractivity contribution in [3.05, 3.63) is 17.2 Å². The molecular formula is C12H10F6N2O4S. The molecule has 1 rings (SSSR count). The van der Waals surface area contributed by atoms with E-state index in [0.717, 1.165) is 7.11 Å². The van der Waals surface area contributed by atoms with Crippen LogP contribution in [0, 0.1) is 0 Å². The maximum absolute atomic E-state index is 13.0. The second-order valence-corrected chi connectivity index (χ2v) is 5.36. The molecule has 140 valence electrons. The standard InChI is InChI=1S/C12H10F6N2O4S/c1-24-10-6(12(16,17)18)2-5(11(13,14)15)9(20-10)19-7(21)3-25-4-8(22)23/h2H,3-4H2,1H3,(H,22,23)(H,19,20,21). The first kappa shape index (κ1) is 20.9. The number of aromatic nitrogens is 1. The Hall–Kier alpha value is -2.18. The summed E-state index contributed by atoms with van der Waals surface area (Å²) in [6.07, 6.45) is -10.4. The summed E-state index contributed by atoms with van der Waals surface area (Å²) in [7, 11) is 0.777. The van der Waals surface area contributed by atoms with Crippen LogP contribution in [0.4, 0.5) is 32.2 Å². The number of ether oxygens (including phenoxy) is 1. The zero-order valence-electron chi connectivity index (χ0n) is 12.3. The number of carbonyl (C=O) groups excluding carboxylic acids is 1. The summed E-state index contributed by atoms with van der Waals surface area (Å²) in [6, 6.07) is -0.216. The van der Waals surface area contributed by atoms with E-state index in [0.29, 0.717) is 11.8 Å². The number of alkyl halides is 6. The third-order valence-corrected chi connectivity index (χ3v) is 3.43. The molecule has 1 aromatic heterocycles. The van der Waals surface area contributed by atoms with Crippen LogP contribution in [0.25, 0.3) is 0 Å². The number of rotatable bonds is 6. The molecule has 13 heteroatoms. The van der Waals surface area contributed by atoms with Crippen LogP contribution in [0.1, 0.15) is 11.1 Å². The van der Waals surface area contributed by atoms with Gasteiger partial charge in [0.1, 0.15) is 11.4 Å². The van der Waals surface area contributed by atoms with E-state index < -0.39 is 58.6 Å². The van der Waals surface area contributed by atoms with Gasteiger partial charge in [0.05, 0.1) is 24.2 Å². The summed E-state index contributed by atoms with van der Waals surface area (Å²) in [6.45, 7) is 0. The number of nitrogens with zero attached hydrogens (tertiary/aromatic N) is 1. The third kappa shape index (κ3) is 5.99. The van der Waals surface area contributed by atoms with Gasteiger partial charge in [0.15, 0.2) is 0 Å². The fourth-order valence-electron chi connectivity index (χ4n) is 1.57. The van der Waals surface area contributed by atoms with Crippen molar-refractivity contribution in [1.82, 2.24) is 4.98 Å². The summed E-state index contributed by atoms with van der Waals surface area (Å²) in [4.78, 5) is 24.9. The molecule has 1 amide bonds. The highest BCUT2D eigenvalue weighted by Crippen LogP contribution is 2.42. The summed E-state index contributed by atoms with van der Waals surface area (Å²) in [5.74, 6) is -5.64. The molecule has 0 atom stereocenters. The lowest BCUT2D eigenvalue weighted by atomic mass is 10.1. The second kappa shape index (κ2) is 7.80. The highest BCUT2D eigenvalue weighted by Gasteiger charge is 2.42. The van der Waals surface area contributed by atoms with Crippen LogP contribution in [0.5, 0.6) is 5.88 Å². The van der Waals surface area contributed by atoms with Gasteiger partial charge in [-0.15, -0.1) is 11.8 Å². The summed E-state index contributed by atoms with van der Waals surface area (Å²) >= 11 is 0.588. The van der Waals surface area contributed by atoms with Crippen molar-refractivity contribution >= 4 is 29.5 Å². The number of nitrogens with one attached hydrogen (secondary N) is 1. The molecule has 0 unspecified atom stereocenters. The van der Waals surface area contributed by atoms with E-state index in [2.05, 4.69) is 9.72 Å². The molecule has 2 N–H and O–H groups in total. The first-order valence-corrected chi connectivity index (χ1v) is 7.34. The first-order chi connectivity index (χ1) is 11.4. The normalized spacial score (nSPS) is 12.0. The minimum absolute atomic E-state index is 0.216. The average molecular weight is 392 g/mol. The Morgan fingerprint density at radius 2 is 1.72 bits per heavy atom. The molecule has 0 saturated carbocycles. The van der Waals surface area contributed by atoms with Gasteiger partial charge in [0, 0.05) is 0 Å². The van der Waals surface area contributed by atoms with Gasteiger partial charge in [-0.1, -0.05) is 0 Å². The quantitative estimate of drug-likeness (QED) is 0.724. The third-order valence-electron chi connectivity index (χ3n) is 2.51. The van der Waals surface area contributed by atoms with Gasteiger partial charge in [-0.2, -0.15) is 31.3 Å². The second-order valence-electron chi connectivity index (χ2n) is 4.37. The summed E-state index contributed by atoms with van der Waals surface area (Å²) in [5, 5.41) is 10.1. The number of halogens is 6. The number of carboxylic acid groups (broad SMARTS) is 1. The lowest BCUT2D eigenvalue weighted by Crippen LogP contribution is -2.22. The van der Waals surface area contributed by atoms with Crippen molar-refractivity contribution in [2.75, 3.05) is 23.9 Å². The van der Waals surface area contributed by atoms with Crippen molar-refractivity contribution in [3.8, 4) is 5.88 Å². The van der Waals surface area contributed by atoms with E-state index >= 15 is 0 Å². The Balaban J connectivity index is 3.20. The van der Waals surface area contributed by atoms with E-state index in [4.69, 9.17) is 5.11 Å². The van der Waals surface area contributed by atoms with Crippen LogP contribution in [-0.4, -0.2) is 40.6 Å². The average Bonchev–Trinajstić information content (AvgIpc) is 2.43. The Morgan fingerprint density at radius 3 is 2.16 bits per heavy atom. The van der Waals surface area contributed by atoms with Crippen LogP contribution in [0.2, 0.25) is 0 Å². The highest BCUT2D eigenvalue weighted by molar-refractivity contribution is 8.00. The van der Waals surface area contributed by atoms with Crippen molar-refractivity contribution < 1.29 is 45.8 Å². The van der Waals surface area contributed by atoms with E-state index in [1.807, 2.05) is 0 Å². The van der Waals surface area contributed by atoms with Crippen LogP contribution in [0.3, 0.4) is 0 Å². The molecule has 0 aliphatic heterocycles. The van der Waals surface area contributed by atoms with E-state index in [1.165, 1.54) is 0 Å². The predicted molar refractivity (Wildman–Crippen MR) is 74.4 cm³/mol. The smallest absolute Gasteiger partial charge is 0.421 e. The number of carbonyl (C=O) groups is 2. The van der Waals surface area contributed by atoms with Gasteiger partial charge in [0.2, 0.25) is 11.8 Å². The van der Waals surface area contributed by atoms with Crippen LogP contribution in [0.15, 0.2) is 6.07 Å². The van der Waals surface area contributed by atoms with Crippen molar-refractivity contribution in [3.63, 3.8) is 0 Å². The van der Waals surface area contributed by atoms with Gasteiger partial charge in [-0.05, 0) is 6.07 Å². The Bertz CT molecular complexity index is 662. The fourth-order valence-corrected chi connectivity index (χ4v) is 2.10. The summed E-state index contributed by atoms with van der Waals surface area (Å²) < 4.78 is 81.7. The monoisotopic (exact) mass is 392 g/mol. The predicted octanol–water partition coefficient (Wildman–Crippen LogP) is 2.88. The molecule has 0 fully saturated rings. The molecule has 0 aliphatic rings. The molecule has 25 heavy (non-hydrogen) atoms. The van der Waals surface area contributed by atoms with Gasteiger partial charge in [-0.3, -0.25) is 9.59 Å². The number of methoxy groups -OCH3 is 1. The van der Waals surface area contributed by atoms with Gasteiger partial charge < -0.3 is 15.2 Å². The molecule has 0 saturated heterocycles. The molecule has 0 aromatic carbocycles. The first-order valence-electron chi connectivity index (χ1n) is 6.19. The van der Waals surface area contributed by atoms with Gasteiger partial charge in [-0.25, -0.2) is 0 Å². The number of aliphatic carboxylic acids is 1. The number of thioether (sulfide) groups is 1. The number of anilines is 1. The number of hydrogen-bond donors (Lipinski definition) is 2. The number of amides is 1. The number of pyridine rings is 1. The fraction of sp³-hybridized carbons (Fsp3) is 0.417. The zero-order valence-corrected chi connectivity index (χ0v) is 13.1. The largest absolute Gasteiger partial charge is 0.481 e. The Morgan fingerprint density at radius 1 is 1.16 bits per heavy atom. The highest BCUT2D eigenvalue weighted by atomic mass is 32.2. The van der Waals surface area contributed by atoms with Crippen LogP contribution >= 0.6 is 11.8 Å². The number of carboxylic acids is 1. The maximum Gasteiger partial charge on any atom is 0.421 e. The molecule has 0 aliphatic carbocycles. The van der Waals surface area contributed by atoms with Crippen molar-refractivity contribution in [2.24, 2.45) is 0 Å². The van der Waals surface area contributed by atoms with Crippen LogP contribution < -0.4 is 10.1 Å². The minimum Gasteiger partial charge on any atom is -0.481 e. The Labute approximate surface area is 140 Å². The van der Waals surface area contributed by atoms with Crippen LogP contribution in [-0.2, 0) is 21.9 Å². The maximum atomic E-state index is 13.0. The van der Waals surface area contributed by atoms with Crippen molar-refractivity contribution in [1.29, 1.82) is 0 Å².